The molecule has 0 saturated carbocycles. The van der Waals surface area contributed by atoms with Crippen molar-refractivity contribution < 1.29 is 19.4 Å². The van der Waals surface area contributed by atoms with E-state index in [1.807, 2.05) is 24.3 Å². The third kappa shape index (κ3) is 3.33. The second-order valence-corrected chi connectivity index (χ2v) is 5.74. The highest BCUT2D eigenvalue weighted by atomic mass is 16.6. The highest BCUT2D eigenvalue weighted by Crippen LogP contribution is 2.44. The summed E-state index contributed by atoms with van der Waals surface area (Å²) in [5.74, 6) is -0.688. The number of aliphatic hydroxyl groups is 1. The van der Waals surface area contributed by atoms with Crippen LogP contribution in [0.4, 0.5) is 0 Å². The summed E-state index contributed by atoms with van der Waals surface area (Å²) in [6.45, 7) is 0.736. The molecule has 3 N–H and O–H groups in total. The third-order valence-corrected chi connectivity index (χ3v) is 4.16. The van der Waals surface area contributed by atoms with Gasteiger partial charge in [0.2, 0.25) is 0 Å². The predicted octanol–water partition coefficient (Wildman–Crippen LogP) is 1.68. The minimum absolute atomic E-state index is 0.0153. The first kappa shape index (κ1) is 16.6. The van der Waals surface area contributed by atoms with Crippen LogP contribution in [0.25, 0.3) is 11.1 Å². The molecule has 0 bridgehead atoms. The Hall–Kier alpha value is -2.21. The number of carbonyl (C=O) groups is 1. The molecular formula is C19H21NO4. The smallest absolute Gasteiger partial charge is 0.337 e. The van der Waals surface area contributed by atoms with E-state index in [1.165, 1.54) is 11.1 Å². The molecule has 2 aromatic carbocycles. The number of hydrogen-bond acceptors (Lipinski definition) is 5. The molecule has 0 aliphatic heterocycles. The van der Waals surface area contributed by atoms with Crippen molar-refractivity contribution in [2.24, 2.45) is 5.73 Å². The zero-order chi connectivity index (χ0) is 16.9. The standard InChI is InChI=1S/C19H21NO4/c20-9-10-23-12-18(21)19(22)24-11-17-15-7-3-1-5-13(15)14-6-2-4-8-16(14)17/h1-8,17-18,21H,9-12,20H2. The summed E-state index contributed by atoms with van der Waals surface area (Å²) in [7, 11) is 0. The molecule has 24 heavy (non-hydrogen) atoms. The van der Waals surface area contributed by atoms with E-state index < -0.39 is 12.1 Å². The Bertz CT molecular complexity index is 671. The number of aliphatic hydroxyl groups excluding tert-OH is 1. The van der Waals surface area contributed by atoms with Crippen LogP contribution in [0.5, 0.6) is 0 Å². The molecule has 1 atom stereocenters. The molecule has 1 unspecified atom stereocenters. The lowest BCUT2D eigenvalue weighted by molar-refractivity contribution is -0.157. The Kier molecular flexibility index (Phi) is 5.25. The van der Waals surface area contributed by atoms with Gasteiger partial charge in [0.15, 0.2) is 6.10 Å². The molecule has 0 aromatic heterocycles. The van der Waals surface area contributed by atoms with Gasteiger partial charge in [0.25, 0.3) is 0 Å². The van der Waals surface area contributed by atoms with Gasteiger partial charge < -0.3 is 20.3 Å². The topological polar surface area (TPSA) is 81.8 Å². The van der Waals surface area contributed by atoms with Crippen molar-refractivity contribution in [2.75, 3.05) is 26.4 Å². The van der Waals surface area contributed by atoms with Crippen LogP contribution in [0, 0.1) is 0 Å². The normalized spacial score (nSPS) is 14.1. The lowest BCUT2D eigenvalue weighted by Crippen LogP contribution is -2.30. The summed E-state index contributed by atoms with van der Waals surface area (Å²) in [5.41, 5.74) is 9.91. The van der Waals surface area contributed by atoms with Crippen LogP contribution in [0.3, 0.4) is 0 Å². The molecule has 2 aromatic rings. The summed E-state index contributed by atoms with van der Waals surface area (Å²) in [6, 6.07) is 16.2. The van der Waals surface area contributed by atoms with Crippen molar-refractivity contribution in [1.29, 1.82) is 0 Å². The van der Waals surface area contributed by atoms with Gasteiger partial charge in [-0.3, -0.25) is 0 Å². The molecule has 3 rings (SSSR count). The van der Waals surface area contributed by atoms with Crippen molar-refractivity contribution in [1.82, 2.24) is 0 Å². The first-order valence-corrected chi connectivity index (χ1v) is 8.03. The monoisotopic (exact) mass is 327 g/mol. The lowest BCUT2D eigenvalue weighted by atomic mass is 9.98. The molecule has 5 heteroatoms. The third-order valence-electron chi connectivity index (χ3n) is 4.16. The molecule has 1 aliphatic rings. The van der Waals surface area contributed by atoms with Crippen LogP contribution < -0.4 is 5.73 Å². The minimum Gasteiger partial charge on any atom is -0.463 e. The van der Waals surface area contributed by atoms with E-state index >= 15 is 0 Å². The van der Waals surface area contributed by atoms with E-state index in [9.17, 15) is 9.90 Å². The Morgan fingerprint density at radius 3 is 2.25 bits per heavy atom. The maximum absolute atomic E-state index is 11.9. The summed E-state index contributed by atoms with van der Waals surface area (Å²) in [6.07, 6.45) is -1.29. The highest BCUT2D eigenvalue weighted by Gasteiger charge is 2.29. The second-order valence-electron chi connectivity index (χ2n) is 5.74. The van der Waals surface area contributed by atoms with E-state index in [2.05, 4.69) is 24.3 Å². The van der Waals surface area contributed by atoms with Crippen LogP contribution in [0.1, 0.15) is 17.0 Å². The van der Waals surface area contributed by atoms with Gasteiger partial charge in [-0.05, 0) is 22.3 Å². The van der Waals surface area contributed by atoms with Gasteiger partial charge in [0, 0.05) is 12.5 Å². The molecule has 0 radical (unpaired) electrons. The van der Waals surface area contributed by atoms with E-state index in [-0.39, 0.29) is 19.1 Å². The Labute approximate surface area is 141 Å². The first-order chi connectivity index (χ1) is 11.7. The average Bonchev–Trinajstić information content (AvgIpc) is 2.94. The predicted molar refractivity (Wildman–Crippen MR) is 90.6 cm³/mol. The molecule has 0 amide bonds. The van der Waals surface area contributed by atoms with E-state index in [1.54, 1.807) is 0 Å². The Balaban J connectivity index is 1.68. The van der Waals surface area contributed by atoms with Crippen LogP contribution >= 0.6 is 0 Å². The molecule has 0 saturated heterocycles. The summed E-state index contributed by atoms with van der Waals surface area (Å²) in [5, 5.41) is 9.77. The summed E-state index contributed by atoms with van der Waals surface area (Å²) < 4.78 is 10.4. The fraction of sp³-hybridized carbons (Fsp3) is 0.316. The van der Waals surface area contributed by atoms with E-state index in [0.29, 0.717) is 13.2 Å². The van der Waals surface area contributed by atoms with Crippen LogP contribution in [0.2, 0.25) is 0 Å². The number of rotatable bonds is 7. The van der Waals surface area contributed by atoms with Crippen LogP contribution in [0.15, 0.2) is 48.5 Å². The summed E-state index contributed by atoms with van der Waals surface area (Å²) in [4.78, 5) is 11.9. The Morgan fingerprint density at radius 2 is 1.67 bits per heavy atom. The number of hydrogen-bond donors (Lipinski definition) is 2. The zero-order valence-electron chi connectivity index (χ0n) is 13.4. The quantitative estimate of drug-likeness (QED) is 0.597. The number of ether oxygens (including phenoxy) is 2. The van der Waals surface area contributed by atoms with E-state index in [0.717, 1.165) is 11.1 Å². The summed E-state index contributed by atoms with van der Waals surface area (Å²) >= 11 is 0. The Morgan fingerprint density at radius 1 is 1.08 bits per heavy atom. The maximum atomic E-state index is 11.9. The van der Waals surface area contributed by atoms with Crippen molar-refractivity contribution in [2.45, 2.75) is 12.0 Å². The first-order valence-electron chi connectivity index (χ1n) is 8.03. The largest absolute Gasteiger partial charge is 0.463 e. The molecule has 5 nitrogen and oxygen atoms in total. The van der Waals surface area contributed by atoms with Gasteiger partial charge in [-0.25, -0.2) is 4.79 Å². The van der Waals surface area contributed by atoms with Crippen molar-refractivity contribution in [3.05, 3.63) is 59.7 Å². The van der Waals surface area contributed by atoms with Gasteiger partial charge in [-0.15, -0.1) is 0 Å². The second kappa shape index (κ2) is 7.57. The molecule has 0 heterocycles. The fourth-order valence-electron chi connectivity index (χ4n) is 3.05. The highest BCUT2D eigenvalue weighted by molar-refractivity contribution is 5.79. The van der Waals surface area contributed by atoms with Gasteiger partial charge in [0.1, 0.15) is 6.61 Å². The lowest BCUT2D eigenvalue weighted by Gasteiger charge is -2.16. The van der Waals surface area contributed by atoms with Crippen LogP contribution in [-0.2, 0) is 14.3 Å². The maximum Gasteiger partial charge on any atom is 0.337 e. The van der Waals surface area contributed by atoms with Gasteiger partial charge in [0.05, 0.1) is 13.2 Å². The molecule has 0 fully saturated rings. The van der Waals surface area contributed by atoms with Crippen molar-refractivity contribution >= 4 is 5.97 Å². The van der Waals surface area contributed by atoms with Gasteiger partial charge in [-0.2, -0.15) is 0 Å². The number of benzene rings is 2. The number of fused-ring (bicyclic) bond motifs is 3. The number of esters is 1. The molecular weight excluding hydrogens is 306 g/mol. The van der Waals surface area contributed by atoms with Gasteiger partial charge in [-0.1, -0.05) is 48.5 Å². The fourth-order valence-corrected chi connectivity index (χ4v) is 3.05. The van der Waals surface area contributed by atoms with E-state index in [4.69, 9.17) is 15.2 Å². The minimum atomic E-state index is -1.29. The number of nitrogens with two attached hydrogens (primary N) is 1. The average molecular weight is 327 g/mol. The van der Waals surface area contributed by atoms with Crippen molar-refractivity contribution in [3.8, 4) is 11.1 Å². The SMILES string of the molecule is NCCOCC(O)C(=O)OCC1c2ccccc2-c2ccccc21. The molecule has 1 aliphatic carbocycles. The molecule has 0 spiro atoms. The zero-order valence-corrected chi connectivity index (χ0v) is 13.4. The van der Waals surface area contributed by atoms with Gasteiger partial charge >= 0.3 is 5.97 Å². The number of carbonyl (C=O) groups excluding carboxylic acids is 1. The van der Waals surface area contributed by atoms with Crippen molar-refractivity contribution in [3.63, 3.8) is 0 Å². The van der Waals surface area contributed by atoms with Crippen LogP contribution in [-0.4, -0.2) is 43.5 Å². The molecule has 126 valence electrons.